The molecule has 0 bridgehead atoms. The Bertz CT molecular complexity index is 738. The summed E-state index contributed by atoms with van der Waals surface area (Å²) in [5.41, 5.74) is -1.05. The minimum absolute atomic E-state index is 0.249. The van der Waals surface area contributed by atoms with E-state index in [1.54, 1.807) is 0 Å². The van der Waals surface area contributed by atoms with Crippen LogP contribution in [0.15, 0.2) is 34.5 Å². The van der Waals surface area contributed by atoms with Crippen molar-refractivity contribution in [3.8, 4) is 0 Å². The zero-order chi connectivity index (χ0) is 18.8. The fourth-order valence-electron chi connectivity index (χ4n) is 2.51. The number of hydrogen-bond acceptors (Lipinski definition) is 10. The van der Waals surface area contributed by atoms with E-state index in [0.29, 0.717) is 0 Å². The largest absolute Gasteiger partial charge is 0.466 e. The van der Waals surface area contributed by atoms with Gasteiger partial charge in [0.1, 0.15) is 5.57 Å². The molecule has 2 aliphatic rings. The maximum absolute atomic E-state index is 12.5. The maximum Gasteiger partial charge on any atom is 0.348 e. The van der Waals surface area contributed by atoms with Crippen molar-refractivity contribution in [1.82, 2.24) is 4.90 Å². The molecular weight excluding hydrogens is 354 g/mol. The van der Waals surface area contributed by atoms with Crippen LogP contribution >= 0.6 is 11.8 Å². The summed E-state index contributed by atoms with van der Waals surface area (Å²) in [6.45, 7) is 0. The minimum Gasteiger partial charge on any atom is -0.466 e. The molecule has 2 rings (SSSR count). The molecule has 9 nitrogen and oxygen atoms in total. The molecule has 0 fully saturated rings. The van der Waals surface area contributed by atoms with Gasteiger partial charge in [0.2, 0.25) is 4.87 Å². The molecule has 0 saturated heterocycles. The van der Waals surface area contributed by atoms with Crippen molar-refractivity contribution in [2.75, 3.05) is 28.4 Å². The van der Waals surface area contributed by atoms with Gasteiger partial charge in [-0.1, -0.05) is 11.8 Å². The normalized spacial score (nSPS) is 21.3. The van der Waals surface area contributed by atoms with Gasteiger partial charge in [0.25, 0.3) is 0 Å². The number of carbonyl (C=O) groups excluding carboxylic acids is 4. The minimum atomic E-state index is -1.75. The third-order valence-electron chi connectivity index (χ3n) is 3.60. The average Bonchev–Trinajstić information content (AvgIpc) is 3.08. The molecule has 0 amide bonds. The van der Waals surface area contributed by atoms with Crippen molar-refractivity contribution in [2.45, 2.75) is 4.87 Å². The van der Waals surface area contributed by atoms with Crippen molar-refractivity contribution in [3.05, 3.63) is 34.5 Å². The number of nitrogens with zero attached hydrogens (tertiary/aromatic N) is 1. The quantitative estimate of drug-likeness (QED) is 0.499. The van der Waals surface area contributed by atoms with Crippen LogP contribution in [-0.2, 0) is 38.1 Å². The van der Waals surface area contributed by atoms with E-state index in [0.717, 1.165) is 40.2 Å². The van der Waals surface area contributed by atoms with Gasteiger partial charge in [-0.2, -0.15) is 0 Å². The molecule has 2 heterocycles. The second-order valence-corrected chi connectivity index (χ2v) is 5.81. The predicted molar refractivity (Wildman–Crippen MR) is 84.5 cm³/mol. The second kappa shape index (κ2) is 7.01. The summed E-state index contributed by atoms with van der Waals surface area (Å²) in [6, 6.07) is 0. The number of carbonyl (C=O) groups is 4. The zero-order valence-electron chi connectivity index (χ0n) is 13.9. The summed E-state index contributed by atoms with van der Waals surface area (Å²) in [4.78, 5) is 49.0. The van der Waals surface area contributed by atoms with Gasteiger partial charge in [-0.25, -0.2) is 19.2 Å². The van der Waals surface area contributed by atoms with Crippen molar-refractivity contribution >= 4 is 35.6 Å². The van der Waals surface area contributed by atoms with Crippen LogP contribution in [0.3, 0.4) is 0 Å². The first-order valence-corrected chi connectivity index (χ1v) is 7.70. The van der Waals surface area contributed by atoms with Crippen molar-refractivity contribution in [2.24, 2.45) is 0 Å². The Hall–Kier alpha value is -2.75. The van der Waals surface area contributed by atoms with Crippen molar-refractivity contribution in [3.63, 3.8) is 0 Å². The van der Waals surface area contributed by atoms with E-state index in [-0.39, 0.29) is 11.1 Å². The molecule has 25 heavy (non-hydrogen) atoms. The van der Waals surface area contributed by atoms with Crippen LogP contribution in [0.5, 0.6) is 0 Å². The van der Waals surface area contributed by atoms with Crippen LogP contribution in [0, 0.1) is 0 Å². The molecule has 0 aromatic rings. The fourth-order valence-corrected chi connectivity index (χ4v) is 3.61. The highest BCUT2D eigenvalue weighted by Crippen LogP contribution is 2.49. The summed E-state index contributed by atoms with van der Waals surface area (Å²) >= 11 is 0.919. The molecule has 2 aliphatic heterocycles. The first kappa shape index (κ1) is 18.6. The van der Waals surface area contributed by atoms with E-state index >= 15 is 0 Å². The SMILES string of the molecule is COC(=O)C1=CN2C=CSC2(C(=O)OC)C(C(=O)OC)=C1C(=O)OC. The molecule has 0 aliphatic carbocycles. The van der Waals surface area contributed by atoms with E-state index in [4.69, 9.17) is 14.2 Å². The van der Waals surface area contributed by atoms with Crippen LogP contribution in [-0.4, -0.2) is 62.1 Å². The van der Waals surface area contributed by atoms with Crippen LogP contribution in [0.2, 0.25) is 0 Å². The molecule has 10 heteroatoms. The Morgan fingerprint density at radius 3 is 2.04 bits per heavy atom. The number of esters is 4. The Labute approximate surface area is 147 Å². The number of rotatable bonds is 4. The zero-order valence-corrected chi connectivity index (χ0v) is 14.7. The van der Waals surface area contributed by atoms with Gasteiger partial charge < -0.3 is 23.8 Å². The van der Waals surface area contributed by atoms with Crippen LogP contribution < -0.4 is 0 Å². The molecule has 0 N–H and O–H groups in total. The number of fused-ring (bicyclic) bond motifs is 1. The lowest BCUT2D eigenvalue weighted by molar-refractivity contribution is -0.149. The lowest BCUT2D eigenvalue weighted by Crippen LogP contribution is -2.53. The van der Waals surface area contributed by atoms with Gasteiger partial charge in [0, 0.05) is 12.4 Å². The molecule has 1 unspecified atom stereocenters. The lowest BCUT2D eigenvalue weighted by atomic mass is 9.90. The van der Waals surface area contributed by atoms with Crippen molar-refractivity contribution in [1.29, 1.82) is 0 Å². The summed E-state index contributed by atoms with van der Waals surface area (Å²) in [5, 5.41) is 1.52. The average molecular weight is 369 g/mol. The molecule has 1 atom stereocenters. The molecule has 0 radical (unpaired) electrons. The number of hydrogen-bond donors (Lipinski definition) is 0. The first-order chi connectivity index (χ1) is 11.9. The summed E-state index contributed by atoms with van der Waals surface area (Å²) in [6.07, 6.45) is 2.68. The van der Waals surface area contributed by atoms with E-state index in [2.05, 4.69) is 4.74 Å². The number of thioether (sulfide) groups is 1. The molecule has 0 aromatic heterocycles. The third kappa shape index (κ3) is 2.68. The predicted octanol–water partition coefficient (Wildman–Crippen LogP) is 0.0888. The van der Waals surface area contributed by atoms with Gasteiger partial charge in [-0.15, -0.1) is 0 Å². The van der Waals surface area contributed by atoms with Crippen LogP contribution in [0.4, 0.5) is 0 Å². The topological polar surface area (TPSA) is 108 Å². The highest BCUT2D eigenvalue weighted by Gasteiger charge is 2.58. The fraction of sp³-hybridized carbons (Fsp3) is 0.333. The first-order valence-electron chi connectivity index (χ1n) is 6.82. The van der Waals surface area contributed by atoms with Crippen LogP contribution in [0.25, 0.3) is 0 Å². The maximum atomic E-state index is 12.5. The Kier molecular flexibility index (Phi) is 5.21. The van der Waals surface area contributed by atoms with Gasteiger partial charge in [0.15, 0.2) is 0 Å². The molecular formula is C15H15NO8S. The van der Waals surface area contributed by atoms with E-state index in [1.807, 2.05) is 0 Å². The Balaban J connectivity index is 2.87. The molecule has 134 valence electrons. The van der Waals surface area contributed by atoms with Gasteiger partial charge in [-0.3, -0.25) is 0 Å². The Morgan fingerprint density at radius 2 is 1.52 bits per heavy atom. The second-order valence-electron chi connectivity index (χ2n) is 4.71. The van der Waals surface area contributed by atoms with Crippen LogP contribution in [0.1, 0.15) is 0 Å². The molecule has 0 saturated carbocycles. The highest BCUT2D eigenvalue weighted by molar-refractivity contribution is 8.04. The Morgan fingerprint density at radius 1 is 0.920 bits per heavy atom. The third-order valence-corrected chi connectivity index (χ3v) is 4.78. The standard InChI is InChI=1S/C15H15NO8S/c1-21-11(17)8-7-16-5-6-25-15(16,14(20)24-4)10(13(19)23-3)9(8)12(18)22-2/h5-7H,1-4H3. The smallest absolute Gasteiger partial charge is 0.348 e. The summed E-state index contributed by atoms with van der Waals surface area (Å²) in [7, 11) is 4.42. The van der Waals surface area contributed by atoms with E-state index in [1.165, 1.54) is 22.7 Å². The van der Waals surface area contributed by atoms with Crippen molar-refractivity contribution < 1.29 is 38.1 Å². The van der Waals surface area contributed by atoms with Gasteiger partial charge in [-0.05, 0) is 5.41 Å². The number of methoxy groups -OCH3 is 4. The van der Waals surface area contributed by atoms with E-state index in [9.17, 15) is 19.2 Å². The molecule has 0 aromatic carbocycles. The summed E-state index contributed by atoms with van der Waals surface area (Å²) < 4.78 is 18.9. The highest BCUT2D eigenvalue weighted by atomic mass is 32.2. The summed E-state index contributed by atoms with van der Waals surface area (Å²) in [5.74, 6) is -3.69. The monoisotopic (exact) mass is 369 g/mol. The lowest BCUT2D eigenvalue weighted by Gasteiger charge is -2.38. The van der Waals surface area contributed by atoms with Gasteiger partial charge in [0.05, 0.1) is 39.6 Å². The molecule has 0 spiro atoms. The number of ether oxygens (including phenoxy) is 4. The van der Waals surface area contributed by atoms with E-state index < -0.39 is 34.3 Å². The van der Waals surface area contributed by atoms with Gasteiger partial charge >= 0.3 is 23.9 Å².